The third-order valence-corrected chi connectivity index (χ3v) is 11.6. The van der Waals surface area contributed by atoms with Crippen LogP contribution in [0.5, 0.6) is 0 Å². The Kier molecular flexibility index (Phi) is 6.42. The second-order valence-corrected chi connectivity index (χ2v) is 14.4. The molecule has 52 heavy (non-hydrogen) atoms. The number of fused-ring (bicyclic) bond motifs is 10. The van der Waals surface area contributed by atoms with Crippen molar-refractivity contribution in [3.05, 3.63) is 176 Å². The van der Waals surface area contributed by atoms with Gasteiger partial charge >= 0.3 is 0 Å². The average Bonchev–Trinajstić information content (AvgIpc) is 3.77. The highest BCUT2D eigenvalue weighted by Crippen LogP contribution is 2.49. The second-order valence-electron chi connectivity index (χ2n) is 13.3. The normalized spacial score (nSPS) is 11.8. The molecule has 0 atom stereocenters. The molecule has 0 aliphatic carbocycles. The number of aromatic nitrogens is 3. The molecule has 3 nitrogen and oxygen atoms in total. The summed E-state index contributed by atoms with van der Waals surface area (Å²) in [5.74, 6) is 1.55. The van der Waals surface area contributed by atoms with Crippen LogP contribution in [0.15, 0.2) is 176 Å². The molecule has 3 heterocycles. The number of benzene rings is 8. The minimum Gasteiger partial charge on any atom is -0.293 e. The zero-order chi connectivity index (χ0) is 34.2. The smallest absolute Gasteiger partial charge is 0.162 e. The van der Waals surface area contributed by atoms with Gasteiger partial charge in [0.25, 0.3) is 0 Å². The van der Waals surface area contributed by atoms with Crippen molar-refractivity contribution in [1.29, 1.82) is 0 Å². The molecule has 0 fully saturated rings. The maximum atomic E-state index is 5.40. The van der Waals surface area contributed by atoms with Crippen molar-refractivity contribution in [1.82, 2.24) is 14.5 Å². The van der Waals surface area contributed by atoms with E-state index in [0.29, 0.717) is 5.82 Å². The van der Waals surface area contributed by atoms with Gasteiger partial charge in [0.05, 0.1) is 16.7 Å². The molecule has 0 saturated heterocycles. The van der Waals surface area contributed by atoms with Crippen LogP contribution in [-0.2, 0) is 0 Å². The molecule has 11 aromatic rings. The van der Waals surface area contributed by atoms with E-state index in [1.54, 1.807) is 0 Å². The lowest BCUT2D eigenvalue weighted by Gasteiger charge is -2.14. The summed E-state index contributed by atoms with van der Waals surface area (Å²) in [4.78, 5) is 10.6. The summed E-state index contributed by atoms with van der Waals surface area (Å²) in [7, 11) is 0. The Morgan fingerprint density at radius 3 is 1.90 bits per heavy atom. The van der Waals surface area contributed by atoms with Gasteiger partial charge in [-0.15, -0.1) is 11.3 Å². The maximum Gasteiger partial charge on any atom is 0.162 e. The lowest BCUT2D eigenvalue weighted by Crippen LogP contribution is -2.02. The van der Waals surface area contributed by atoms with Gasteiger partial charge in [-0.2, -0.15) is 0 Å². The molecule has 0 saturated carbocycles. The Hall–Kier alpha value is -6.62. The molecule has 0 amide bonds. The van der Waals surface area contributed by atoms with E-state index in [1.807, 2.05) is 23.5 Å². The SMILES string of the molecule is c1ccc(-c2cc(-n3c4ccc5ccccc5c4c4cc(-c5cccc6ccccc56)c5sc6ccccc6c5c43)nc(-c3ccccc3)n2)cc1. The number of hydrogen-bond donors (Lipinski definition) is 0. The molecule has 4 heteroatoms. The zero-order valence-corrected chi connectivity index (χ0v) is 28.8. The van der Waals surface area contributed by atoms with Crippen LogP contribution in [0.4, 0.5) is 0 Å². The fourth-order valence-electron chi connectivity index (χ4n) is 8.08. The molecule has 242 valence electrons. The van der Waals surface area contributed by atoms with Crippen LogP contribution in [0.1, 0.15) is 0 Å². The number of thiophene rings is 1. The Morgan fingerprint density at radius 1 is 0.442 bits per heavy atom. The first-order chi connectivity index (χ1) is 25.8. The molecule has 0 aliphatic heterocycles. The minimum absolute atomic E-state index is 0.700. The summed E-state index contributed by atoms with van der Waals surface area (Å²) in [6, 6.07) is 63.0. The summed E-state index contributed by atoms with van der Waals surface area (Å²) < 4.78 is 4.95. The maximum absolute atomic E-state index is 5.40. The molecule has 0 bridgehead atoms. The fourth-order valence-corrected chi connectivity index (χ4v) is 9.31. The van der Waals surface area contributed by atoms with Crippen molar-refractivity contribution < 1.29 is 0 Å². The summed E-state index contributed by atoms with van der Waals surface area (Å²) in [6.45, 7) is 0. The molecule has 0 aliphatic rings. The molecule has 0 radical (unpaired) electrons. The van der Waals surface area contributed by atoms with Crippen molar-refractivity contribution in [3.8, 4) is 39.6 Å². The van der Waals surface area contributed by atoms with Gasteiger partial charge in [0.1, 0.15) is 5.82 Å². The van der Waals surface area contributed by atoms with Crippen molar-refractivity contribution in [2.45, 2.75) is 0 Å². The van der Waals surface area contributed by atoms with Crippen molar-refractivity contribution in [3.63, 3.8) is 0 Å². The standard InChI is InChI=1S/C48H29N3S/c1-3-16-32(17-4-1)40-29-43(50-48(49-40)33-18-5-2-6-19-33)51-41-27-26-31-15-8-10-22-35(31)44(41)39-28-38(36-24-13-20-30-14-7-9-21-34(30)36)47-45(46(39)51)37-23-11-12-25-42(37)52-47/h1-29H. The first kappa shape index (κ1) is 29.1. The average molecular weight is 680 g/mol. The van der Waals surface area contributed by atoms with Gasteiger partial charge in [0, 0.05) is 53.7 Å². The van der Waals surface area contributed by atoms with Gasteiger partial charge in [-0.3, -0.25) is 4.57 Å². The Balaban J connectivity index is 1.36. The lowest BCUT2D eigenvalue weighted by atomic mass is 9.94. The fraction of sp³-hybridized carbons (Fsp3) is 0. The van der Waals surface area contributed by atoms with Crippen molar-refractivity contribution >= 4 is 74.9 Å². The number of nitrogens with zero attached hydrogens (tertiary/aromatic N) is 3. The Labute approximate surface area is 303 Å². The molecule has 8 aromatic carbocycles. The Morgan fingerprint density at radius 2 is 1.10 bits per heavy atom. The van der Waals surface area contributed by atoms with Crippen molar-refractivity contribution in [2.75, 3.05) is 0 Å². The summed E-state index contributed by atoms with van der Waals surface area (Å²) in [5.41, 5.74) is 7.72. The van der Waals surface area contributed by atoms with Crippen LogP contribution in [0.25, 0.3) is 103 Å². The first-order valence-corrected chi connectivity index (χ1v) is 18.4. The summed E-state index contributed by atoms with van der Waals surface area (Å²) >= 11 is 1.88. The second kappa shape index (κ2) is 11.5. The van der Waals surface area contributed by atoms with Crippen LogP contribution in [0, 0.1) is 0 Å². The van der Waals surface area contributed by atoms with Gasteiger partial charge in [-0.1, -0.05) is 152 Å². The van der Waals surface area contributed by atoms with Gasteiger partial charge < -0.3 is 0 Å². The van der Waals surface area contributed by atoms with E-state index in [0.717, 1.165) is 28.2 Å². The third-order valence-electron chi connectivity index (χ3n) is 10.4. The summed E-state index contributed by atoms with van der Waals surface area (Å²) in [5, 5.41) is 9.89. The molecule has 0 spiro atoms. The predicted molar refractivity (Wildman–Crippen MR) is 221 cm³/mol. The topological polar surface area (TPSA) is 30.7 Å². The van der Waals surface area contributed by atoms with Crippen molar-refractivity contribution in [2.24, 2.45) is 0 Å². The predicted octanol–water partition coefficient (Wildman–Crippen LogP) is 13.2. The first-order valence-electron chi connectivity index (χ1n) is 17.6. The number of hydrogen-bond acceptors (Lipinski definition) is 3. The molecule has 0 unspecified atom stereocenters. The van der Waals surface area contributed by atoms with Gasteiger partial charge in [-0.05, 0) is 45.3 Å². The lowest BCUT2D eigenvalue weighted by molar-refractivity contribution is 1.05. The zero-order valence-electron chi connectivity index (χ0n) is 28.0. The van der Waals surface area contributed by atoms with E-state index in [-0.39, 0.29) is 0 Å². The number of rotatable bonds is 4. The van der Waals surface area contributed by atoms with Crippen LogP contribution in [-0.4, -0.2) is 14.5 Å². The monoisotopic (exact) mass is 679 g/mol. The van der Waals surface area contributed by atoms with E-state index >= 15 is 0 Å². The molecular weight excluding hydrogens is 651 g/mol. The third kappa shape index (κ3) is 4.38. The Bertz CT molecular complexity index is 3110. The van der Waals surface area contributed by atoms with Gasteiger partial charge in [-0.25, -0.2) is 9.97 Å². The molecule has 11 rings (SSSR count). The van der Waals surface area contributed by atoms with Crippen LogP contribution < -0.4 is 0 Å². The van der Waals surface area contributed by atoms with Gasteiger partial charge in [0.15, 0.2) is 5.82 Å². The molecule has 0 N–H and O–H groups in total. The van der Waals surface area contributed by atoms with E-state index in [2.05, 4.69) is 168 Å². The van der Waals surface area contributed by atoms with E-state index in [4.69, 9.17) is 9.97 Å². The van der Waals surface area contributed by atoms with Crippen LogP contribution >= 0.6 is 11.3 Å². The minimum atomic E-state index is 0.700. The highest BCUT2D eigenvalue weighted by Gasteiger charge is 2.24. The highest BCUT2D eigenvalue weighted by molar-refractivity contribution is 7.26. The quantitative estimate of drug-likeness (QED) is 0.185. The molecular formula is C48H29N3S. The van der Waals surface area contributed by atoms with Crippen LogP contribution in [0.2, 0.25) is 0 Å². The van der Waals surface area contributed by atoms with E-state index in [1.165, 1.54) is 69.1 Å². The molecule has 3 aromatic heterocycles. The largest absolute Gasteiger partial charge is 0.293 e. The van der Waals surface area contributed by atoms with Crippen LogP contribution in [0.3, 0.4) is 0 Å². The van der Waals surface area contributed by atoms with E-state index < -0.39 is 0 Å². The van der Waals surface area contributed by atoms with Gasteiger partial charge in [0.2, 0.25) is 0 Å². The highest BCUT2D eigenvalue weighted by atomic mass is 32.1. The van der Waals surface area contributed by atoms with E-state index in [9.17, 15) is 0 Å². The summed E-state index contributed by atoms with van der Waals surface area (Å²) in [6.07, 6.45) is 0.